The molecule has 0 radical (unpaired) electrons. The fourth-order valence-electron chi connectivity index (χ4n) is 2.74. The number of carbonyl (C=O) groups excluding carboxylic acids is 1. The molecule has 1 aromatic heterocycles. The van der Waals surface area contributed by atoms with E-state index in [-0.39, 0.29) is 11.6 Å². The molecule has 1 fully saturated rings. The molecule has 25 heavy (non-hydrogen) atoms. The van der Waals surface area contributed by atoms with Crippen molar-refractivity contribution < 1.29 is 27.9 Å². The maximum absolute atomic E-state index is 11.5. The molecular formula is C15H18F3N3O3S. The molecule has 0 aromatic carbocycles. The Morgan fingerprint density at radius 3 is 2.40 bits per heavy atom. The minimum atomic E-state index is -5.08. The summed E-state index contributed by atoms with van der Waals surface area (Å²) in [4.78, 5) is 28.6. The van der Waals surface area contributed by atoms with Gasteiger partial charge in [0.25, 0.3) is 0 Å². The summed E-state index contributed by atoms with van der Waals surface area (Å²) < 4.78 is 31.7. The number of urea groups is 1. The van der Waals surface area contributed by atoms with E-state index in [1.807, 2.05) is 13.3 Å². The second kappa shape index (κ2) is 7.52. The SMILES string of the molecule is CN1C(=O)N=CC12CCN(Cc1ccsc1)CC2.O=C(O)C(F)(F)F. The first-order valence-corrected chi connectivity index (χ1v) is 8.45. The lowest BCUT2D eigenvalue weighted by atomic mass is 9.88. The Morgan fingerprint density at radius 1 is 1.40 bits per heavy atom. The van der Waals surface area contributed by atoms with Crippen LogP contribution < -0.4 is 0 Å². The van der Waals surface area contributed by atoms with Crippen molar-refractivity contribution in [3.05, 3.63) is 22.4 Å². The average Bonchev–Trinajstić information content (AvgIpc) is 3.14. The molecule has 10 heteroatoms. The lowest BCUT2D eigenvalue weighted by Gasteiger charge is -2.41. The highest BCUT2D eigenvalue weighted by atomic mass is 32.1. The number of hydrogen-bond donors (Lipinski definition) is 1. The first-order chi connectivity index (χ1) is 11.6. The zero-order valence-electron chi connectivity index (χ0n) is 13.5. The van der Waals surface area contributed by atoms with Gasteiger partial charge in [0.15, 0.2) is 0 Å². The predicted molar refractivity (Wildman–Crippen MR) is 86.9 cm³/mol. The van der Waals surface area contributed by atoms with Crippen LogP contribution in [-0.2, 0) is 11.3 Å². The molecule has 0 aliphatic carbocycles. The van der Waals surface area contributed by atoms with Crippen LogP contribution >= 0.6 is 11.3 Å². The Balaban J connectivity index is 0.000000277. The Bertz CT molecular complexity index is 638. The van der Waals surface area contributed by atoms with Crippen molar-refractivity contribution >= 4 is 29.6 Å². The molecule has 0 atom stereocenters. The number of hydrogen-bond acceptors (Lipinski definition) is 4. The van der Waals surface area contributed by atoms with Crippen LogP contribution in [0, 0.1) is 0 Å². The number of thiophene rings is 1. The van der Waals surface area contributed by atoms with Crippen LogP contribution in [0.2, 0.25) is 0 Å². The third-order valence-corrected chi connectivity index (χ3v) is 5.05. The van der Waals surface area contributed by atoms with Gasteiger partial charge in [-0.05, 0) is 35.2 Å². The number of nitrogens with zero attached hydrogens (tertiary/aromatic N) is 3. The smallest absolute Gasteiger partial charge is 0.475 e. The second-order valence-corrected chi connectivity index (χ2v) is 6.69. The Morgan fingerprint density at radius 2 is 2.00 bits per heavy atom. The summed E-state index contributed by atoms with van der Waals surface area (Å²) in [5, 5.41) is 11.5. The van der Waals surface area contributed by atoms with E-state index >= 15 is 0 Å². The van der Waals surface area contributed by atoms with Crippen molar-refractivity contribution in [2.45, 2.75) is 31.1 Å². The van der Waals surface area contributed by atoms with Crippen LogP contribution in [0.4, 0.5) is 18.0 Å². The summed E-state index contributed by atoms with van der Waals surface area (Å²) in [6.07, 6.45) is -1.25. The molecule has 0 unspecified atom stereocenters. The molecule has 6 nitrogen and oxygen atoms in total. The number of alkyl halides is 3. The van der Waals surface area contributed by atoms with Gasteiger partial charge in [0, 0.05) is 32.9 Å². The average molecular weight is 377 g/mol. The van der Waals surface area contributed by atoms with Crippen LogP contribution in [0.1, 0.15) is 18.4 Å². The summed E-state index contributed by atoms with van der Waals surface area (Å²) in [5.74, 6) is -2.76. The minimum Gasteiger partial charge on any atom is -0.475 e. The maximum atomic E-state index is 11.5. The second-order valence-electron chi connectivity index (χ2n) is 5.91. The quantitative estimate of drug-likeness (QED) is 0.860. The van der Waals surface area contributed by atoms with Gasteiger partial charge in [-0.25, -0.2) is 14.6 Å². The summed E-state index contributed by atoms with van der Waals surface area (Å²) >= 11 is 1.75. The third-order valence-electron chi connectivity index (χ3n) is 4.32. The molecule has 0 saturated carbocycles. The fraction of sp³-hybridized carbons (Fsp3) is 0.533. The van der Waals surface area contributed by atoms with Crippen LogP contribution in [-0.4, -0.2) is 65.0 Å². The van der Waals surface area contributed by atoms with Crippen molar-refractivity contribution in [2.24, 2.45) is 4.99 Å². The van der Waals surface area contributed by atoms with Crippen LogP contribution in [0.5, 0.6) is 0 Å². The number of halogens is 3. The van der Waals surface area contributed by atoms with Crippen LogP contribution in [0.15, 0.2) is 21.8 Å². The van der Waals surface area contributed by atoms with Gasteiger partial charge in [-0.3, -0.25) is 4.90 Å². The van der Waals surface area contributed by atoms with Crippen LogP contribution in [0.3, 0.4) is 0 Å². The molecule has 1 spiro atoms. The number of piperidine rings is 1. The van der Waals surface area contributed by atoms with Gasteiger partial charge in [-0.1, -0.05) is 0 Å². The number of aliphatic carboxylic acids is 1. The van der Waals surface area contributed by atoms with Crippen molar-refractivity contribution in [1.29, 1.82) is 0 Å². The zero-order valence-corrected chi connectivity index (χ0v) is 14.3. The van der Waals surface area contributed by atoms with Gasteiger partial charge in [-0.2, -0.15) is 24.5 Å². The highest BCUT2D eigenvalue weighted by Crippen LogP contribution is 2.31. The number of amides is 2. The molecule has 3 heterocycles. The molecule has 2 aliphatic rings. The molecule has 1 N–H and O–H groups in total. The lowest BCUT2D eigenvalue weighted by Crippen LogP contribution is -2.53. The number of aliphatic imine (C=N–C) groups is 1. The van der Waals surface area contributed by atoms with Gasteiger partial charge >= 0.3 is 18.2 Å². The number of carboxylic acid groups (broad SMARTS) is 1. The molecule has 0 bridgehead atoms. The van der Waals surface area contributed by atoms with E-state index < -0.39 is 12.1 Å². The van der Waals surface area contributed by atoms with Crippen molar-refractivity contribution in [3.63, 3.8) is 0 Å². The topological polar surface area (TPSA) is 73.2 Å². The lowest BCUT2D eigenvalue weighted by molar-refractivity contribution is -0.192. The summed E-state index contributed by atoms with van der Waals surface area (Å²) in [6.45, 7) is 3.08. The van der Waals surface area contributed by atoms with Crippen molar-refractivity contribution in [3.8, 4) is 0 Å². The van der Waals surface area contributed by atoms with Crippen molar-refractivity contribution in [1.82, 2.24) is 9.80 Å². The molecule has 1 saturated heterocycles. The fourth-order valence-corrected chi connectivity index (χ4v) is 3.40. The van der Waals surface area contributed by atoms with E-state index in [1.54, 1.807) is 16.2 Å². The maximum Gasteiger partial charge on any atom is 0.490 e. The first-order valence-electron chi connectivity index (χ1n) is 7.51. The molecule has 2 aliphatic heterocycles. The summed E-state index contributed by atoms with van der Waals surface area (Å²) in [6, 6.07) is 2.09. The molecular weight excluding hydrogens is 359 g/mol. The molecule has 3 rings (SSSR count). The molecule has 138 valence electrons. The molecule has 1 aromatic rings. The predicted octanol–water partition coefficient (Wildman–Crippen LogP) is 2.85. The van der Waals surface area contributed by atoms with Crippen molar-refractivity contribution in [2.75, 3.05) is 20.1 Å². The minimum absolute atomic E-state index is 0.0960. The first kappa shape index (κ1) is 19.4. The van der Waals surface area contributed by atoms with Gasteiger partial charge in [0.05, 0.1) is 5.54 Å². The Kier molecular flexibility index (Phi) is 5.83. The standard InChI is InChI=1S/C13H17N3OS.C2HF3O2/c1-15-12(17)14-10-13(15)3-5-16(6-4-13)8-11-2-7-18-9-11;3-2(4,5)1(6)7/h2,7,9-10H,3-6,8H2,1H3;(H,6,7). The monoisotopic (exact) mass is 377 g/mol. The van der Waals surface area contributed by atoms with E-state index in [2.05, 4.69) is 26.7 Å². The molecule has 2 amide bonds. The van der Waals surface area contributed by atoms with Crippen LogP contribution in [0.25, 0.3) is 0 Å². The highest BCUT2D eigenvalue weighted by molar-refractivity contribution is 7.07. The van der Waals surface area contributed by atoms with Gasteiger partial charge in [0.1, 0.15) is 0 Å². The normalized spacial score (nSPS) is 19.8. The largest absolute Gasteiger partial charge is 0.490 e. The zero-order chi connectivity index (χ0) is 18.7. The third kappa shape index (κ3) is 4.79. The van der Waals surface area contributed by atoms with E-state index in [1.165, 1.54) is 5.56 Å². The Hall–Kier alpha value is -1.94. The highest BCUT2D eigenvalue weighted by Gasteiger charge is 2.42. The summed E-state index contributed by atoms with van der Waals surface area (Å²) in [5.41, 5.74) is 1.28. The Labute approximate surface area is 146 Å². The van der Waals surface area contributed by atoms with E-state index in [0.29, 0.717) is 0 Å². The number of carboxylic acids is 1. The van der Waals surface area contributed by atoms with E-state index in [9.17, 15) is 18.0 Å². The number of carbonyl (C=O) groups is 2. The van der Waals surface area contributed by atoms with E-state index in [4.69, 9.17) is 9.90 Å². The van der Waals surface area contributed by atoms with Gasteiger partial charge < -0.3 is 10.0 Å². The number of likely N-dealkylation sites (tertiary alicyclic amines) is 1. The van der Waals surface area contributed by atoms with Gasteiger partial charge in [-0.15, -0.1) is 0 Å². The number of rotatable bonds is 2. The van der Waals surface area contributed by atoms with E-state index in [0.717, 1.165) is 32.5 Å². The van der Waals surface area contributed by atoms with Gasteiger partial charge in [0.2, 0.25) is 0 Å². The summed E-state index contributed by atoms with van der Waals surface area (Å²) in [7, 11) is 1.86.